The molecule has 0 aromatic heterocycles. The third kappa shape index (κ3) is 6.99. The van der Waals surface area contributed by atoms with Crippen LogP contribution < -0.4 is 15.1 Å². The molecule has 2 aromatic carbocycles. The Bertz CT molecular complexity index is 1510. The number of nitrogens with one attached hydrogen (secondary N) is 1. The Morgan fingerprint density at radius 2 is 1.67 bits per heavy atom. The molecule has 1 fully saturated rings. The first kappa shape index (κ1) is 35.9. The first-order valence-corrected chi connectivity index (χ1v) is 17.4. The van der Waals surface area contributed by atoms with E-state index >= 15 is 0 Å². The average molecular weight is 658 g/mol. The van der Waals surface area contributed by atoms with Gasteiger partial charge in [0.25, 0.3) is 0 Å². The van der Waals surface area contributed by atoms with Gasteiger partial charge in [-0.25, -0.2) is 0 Å². The van der Waals surface area contributed by atoms with Crippen molar-refractivity contribution in [3.05, 3.63) is 95.7 Å². The lowest BCUT2D eigenvalue weighted by atomic mass is 9.80. The summed E-state index contributed by atoms with van der Waals surface area (Å²) in [4.78, 5) is 17.6. The van der Waals surface area contributed by atoms with Crippen molar-refractivity contribution in [1.82, 2.24) is 5.32 Å². The highest BCUT2D eigenvalue weighted by Gasteiger charge is 2.45. The smallest absolute Gasteiger partial charge is 0.220 e. The molecule has 3 N–H and O–H groups in total. The molecule has 1 saturated heterocycles. The third-order valence-corrected chi connectivity index (χ3v) is 10.7. The van der Waals surface area contributed by atoms with Crippen molar-refractivity contribution in [1.29, 1.82) is 0 Å². The predicted octanol–water partition coefficient (Wildman–Crippen LogP) is 5.78. The molecule has 3 heterocycles. The highest BCUT2D eigenvalue weighted by Crippen LogP contribution is 2.47. The molecule has 5 rings (SSSR count). The van der Waals surface area contributed by atoms with Gasteiger partial charge in [-0.1, -0.05) is 94.8 Å². The molecule has 0 saturated carbocycles. The Morgan fingerprint density at radius 1 is 0.979 bits per heavy atom. The topological polar surface area (TPSA) is 94.5 Å². The number of nitrogens with zero attached hydrogens (tertiary/aromatic N) is 2. The monoisotopic (exact) mass is 657 g/mol. The number of hydrogen-bond acceptors (Lipinski definition) is 7. The number of amides is 1. The summed E-state index contributed by atoms with van der Waals surface area (Å²) in [6.07, 6.45) is 11.3. The maximum Gasteiger partial charge on any atom is 0.220 e. The summed E-state index contributed by atoms with van der Waals surface area (Å²) in [5, 5.41) is 23.3. The van der Waals surface area contributed by atoms with E-state index < -0.39 is 30.5 Å². The van der Waals surface area contributed by atoms with Gasteiger partial charge < -0.3 is 34.8 Å². The maximum absolute atomic E-state index is 12.8. The lowest BCUT2D eigenvalue weighted by Gasteiger charge is -2.42. The van der Waals surface area contributed by atoms with E-state index in [1.165, 1.54) is 35.3 Å². The van der Waals surface area contributed by atoms with Crippen LogP contribution in [0.4, 0.5) is 11.4 Å². The molecule has 1 amide bonds. The van der Waals surface area contributed by atoms with Gasteiger partial charge in [0.15, 0.2) is 0 Å². The van der Waals surface area contributed by atoms with E-state index in [1.807, 2.05) is 0 Å². The molecular weight excluding hydrogens is 602 g/mol. The zero-order valence-corrected chi connectivity index (χ0v) is 29.7. The number of para-hydroxylation sites is 2. The number of carbonyl (C=O) groups excluding carboxylic acids is 1. The Morgan fingerprint density at radius 3 is 2.35 bits per heavy atom. The van der Waals surface area contributed by atoms with Gasteiger partial charge in [0.1, 0.15) is 18.3 Å². The number of hydrogen-bond donors (Lipinski definition) is 3. The molecule has 8 heteroatoms. The largest absolute Gasteiger partial charge is 0.394 e. The van der Waals surface area contributed by atoms with Gasteiger partial charge in [-0.15, -0.1) is 0 Å². The number of anilines is 2. The van der Waals surface area contributed by atoms with E-state index in [0.717, 1.165) is 25.8 Å². The zero-order valence-electron chi connectivity index (χ0n) is 29.7. The first-order chi connectivity index (χ1) is 22.9. The summed E-state index contributed by atoms with van der Waals surface area (Å²) in [5.41, 5.74) is 6.44. The summed E-state index contributed by atoms with van der Waals surface area (Å²) in [6, 6.07) is 17.0. The number of fused-ring (bicyclic) bond motifs is 2. The Labute approximate surface area is 287 Å². The summed E-state index contributed by atoms with van der Waals surface area (Å²) < 4.78 is 11.2. The molecule has 48 heavy (non-hydrogen) atoms. The molecule has 8 nitrogen and oxygen atoms in total. The lowest BCUT2D eigenvalue weighted by Crippen LogP contribution is -2.63. The first-order valence-electron chi connectivity index (χ1n) is 17.4. The standard InChI is InChI=1S/C40H55N3O5/c1-27-36(37(46)38(47-7)32(26-44)48-27)41-35(45)24-12-9-17-25-43-31-21-16-14-19-29(31)40(4,5)34(43)23-11-8-10-22-33-39(2,3)28-18-13-15-20-30(28)42(33)6/h8,10-11,13-16,18-23,27,32,34,36-38,44,46H,9,12,17,24-26H2,1-7H3,(H,41,45)/b10-8+,23-11+,33-22-. The van der Waals surface area contributed by atoms with Crippen LogP contribution in [0.5, 0.6) is 0 Å². The minimum absolute atomic E-state index is 0.0486. The fourth-order valence-electron chi connectivity index (χ4n) is 8.04. The van der Waals surface area contributed by atoms with Crippen molar-refractivity contribution in [2.45, 2.75) is 108 Å². The molecule has 6 unspecified atom stereocenters. The Balaban J connectivity index is 1.17. The van der Waals surface area contributed by atoms with E-state index in [2.05, 4.69) is 129 Å². The van der Waals surface area contributed by atoms with E-state index in [0.29, 0.717) is 6.42 Å². The van der Waals surface area contributed by atoms with Gasteiger partial charge in [-0.2, -0.15) is 0 Å². The number of allylic oxidation sites excluding steroid dienone is 5. The number of unbranched alkanes of at least 4 members (excludes halogenated alkanes) is 2. The number of benzene rings is 2. The molecule has 0 bridgehead atoms. The SMILES string of the molecule is COC1C(CO)OC(C)C(NC(=O)CCCCCN2c3ccccc3C(C)(C)C2/C=C/C=C/C=C2\N(C)c3ccccc3C2(C)C)C1O. The van der Waals surface area contributed by atoms with E-state index in [-0.39, 0.29) is 29.4 Å². The Hall–Kier alpha value is -3.43. The third-order valence-electron chi connectivity index (χ3n) is 10.7. The van der Waals surface area contributed by atoms with Crippen molar-refractivity contribution < 1.29 is 24.5 Å². The summed E-state index contributed by atoms with van der Waals surface area (Å²) in [6.45, 7) is 11.7. The predicted molar refractivity (Wildman–Crippen MR) is 193 cm³/mol. The van der Waals surface area contributed by atoms with Crippen LogP contribution in [-0.4, -0.2) is 79.9 Å². The van der Waals surface area contributed by atoms with Crippen molar-refractivity contribution >= 4 is 17.3 Å². The number of methoxy groups -OCH3 is 1. The highest BCUT2D eigenvalue weighted by atomic mass is 16.6. The maximum atomic E-state index is 12.8. The fraction of sp³-hybridized carbons (Fsp3) is 0.525. The molecule has 260 valence electrons. The molecule has 2 aromatic rings. The second-order valence-corrected chi connectivity index (χ2v) is 14.6. The van der Waals surface area contributed by atoms with Crippen molar-refractivity contribution in [2.24, 2.45) is 0 Å². The van der Waals surface area contributed by atoms with Gasteiger partial charge in [-0.05, 0) is 49.1 Å². The number of carbonyl (C=O) groups is 1. The van der Waals surface area contributed by atoms with Crippen LogP contribution in [0.15, 0.2) is 84.6 Å². The molecule has 0 aliphatic carbocycles. The van der Waals surface area contributed by atoms with E-state index in [4.69, 9.17) is 9.47 Å². The van der Waals surface area contributed by atoms with Crippen LogP contribution in [0.3, 0.4) is 0 Å². The van der Waals surface area contributed by atoms with Crippen molar-refractivity contribution in [3.63, 3.8) is 0 Å². The van der Waals surface area contributed by atoms with Gasteiger partial charge >= 0.3 is 0 Å². The highest BCUT2D eigenvalue weighted by molar-refractivity contribution is 5.76. The summed E-state index contributed by atoms with van der Waals surface area (Å²) in [5.74, 6) is -0.113. The van der Waals surface area contributed by atoms with Crippen LogP contribution in [0.1, 0.15) is 71.4 Å². The zero-order chi connectivity index (χ0) is 34.6. The number of likely N-dealkylation sites (N-methyl/N-ethyl adjacent to an activating group) is 1. The van der Waals surface area contributed by atoms with Crippen LogP contribution in [0.2, 0.25) is 0 Å². The fourth-order valence-corrected chi connectivity index (χ4v) is 8.04. The number of aliphatic hydroxyl groups excluding tert-OH is 2. The van der Waals surface area contributed by atoms with Gasteiger partial charge in [0.2, 0.25) is 5.91 Å². The number of ether oxygens (including phenoxy) is 2. The molecule has 3 aliphatic rings. The summed E-state index contributed by atoms with van der Waals surface area (Å²) >= 11 is 0. The molecule has 0 spiro atoms. The van der Waals surface area contributed by atoms with E-state index in [9.17, 15) is 15.0 Å². The minimum Gasteiger partial charge on any atom is -0.394 e. The number of rotatable bonds is 12. The lowest BCUT2D eigenvalue weighted by molar-refractivity contribution is -0.199. The van der Waals surface area contributed by atoms with Crippen LogP contribution >= 0.6 is 0 Å². The normalized spacial score (nSPS) is 28.4. The number of aliphatic hydroxyl groups is 2. The van der Waals surface area contributed by atoms with Crippen molar-refractivity contribution in [2.75, 3.05) is 37.1 Å². The molecule has 6 atom stereocenters. The Kier molecular flexibility index (Phi) is 11.2. The van der Waals surface area contributed by atoms with Gasteiger partial charge in [0.05, 0.1) is 24.8 Å². The second kappa shape index (κ2) is 15.0. The van der Waals surface area contributed by atoms with Gasteiger partial charge in [-0.3, -0.25) is 4.79 Å². The van der Waals surface area contributed by atoms with Gasteiger partial charge in [0, 0.05) is 55.0 Å². The van der Waals surface area contributed by atoms with Crippen LogP contribution in [0, 0.1) is 0 Å². The minimum atomic E-state index is -0.956. The van der Waals surface area contributed by atoms with Crippen LogP contribution in [-0.2, 0) is 25.1 Å². The molecule has 0 radical (unpaired) electrons. The quantitative estimate of drug-likeness (QED) is 0.197. The summed E-state index contributed by atoms with van der Waals surface area (Å²) in [7, 11) is 3.62. The van der Waals surface area contributed by atoms with Crippen molar-refractivity contribution in [3.8, 4) is 0 Å². The molecular formula is C40H55N3O5. The van der Waals surface area contributed by atoms with E-state index in [1.54, 1.807) is 6.92 Å². The molecule has 3 aliphatic heterocycles. The average Bonchev–Trinajstić information content (AvgIpc) is 3.40. The second-order valence-electron chi connectivity index (χ2n) is 14.6. The van der Waals surface area contributed by atoms with Crippen LogP contribution in [0.25, 0.3) is 0 Å².